The third-order valence-electron chi connectivity index (χ3n) is 3.00. The molecule has 0 saturated heterocycles. The van der Waals surface area contributed by atoms with E-state index in [1.807, 2.05) is 6.07 Å². The topological polar surface area (TPSA) is 58.6 Å². The minimum atomic E-state index is -1.01. The zero-order valence-corrected chi connectivity index (χ0v) is 11.5. The molecule has 110 valence electrons. The molecule has 0 saturated carbocycles. The molecular weight excluding hydrogens is 273 g/mol. The van der Waals surface area contributed by atoms with E-state index in [1.54, 1.807) is 25.3 Å². The van der Waals surface area contributed by atoms with Gasteiger partial charge in [0.15, 0.2) is 6.04 Å². The molecule has 1 atom stereocenters. The van der Waals surface area contributed by atoms with E-state index >= 15 is 0 Å². The summed E-state index contributed by atoms with van der Waals surface area (Å²) in [6, 6.07) is 11.8. The maximum absolute atomic E-state index is 12.9. The van der Waals surface area contributed by atoms with Crippen LogP contribution in [0.4, 0.5) is 10.1 Å². The van der Waals surface area contributed by atoms with Gasteiger partial charge in [-0.2, -0.15) is 0 Å². The largest absolute Gasteiger partial charge is 0.479 e. The Labute approximate surface area is 122 Å². The molecule has 2 rings (SSSR count). The number of benzene rings is 2. The summed E-state index contributed by atoms with van der Waals surface area (Å²) in [7, 11) is 1.58. The van der Waals surface area contributed by atoms with E-state index < -0.39 is 12.0 Å². The molecule has 0 aliphatic carbocycles. The number of carbonyl (C=O) groups is 1. The summed E-state index contributed by atoms with van der Waals surface area (Å²) in [5.74, 6) is -1.37. The second-order valence-electron chi connectivity index (χ2n) is 4.60. The van der Waals surface area contributed by atoms with Gasteiger partial charge in [-0.25, -0.2) is 9.18 Å². The van der Waals surface area contributed by atoms with Gasteiger partial charge >= 0.3 is 5.97 Å². The van der Waals surface area contributed by atoms with Gasteiger partial charge in [0.05, 0.1) is 6.61 Å². The van der Waals surface area contributed by atoms with Crippen molar-refractivity contribution >= 4 is 11.7 Å². The quantitative estimate of drug-likeness (QED) is 0.857. The SMILES string of the molecule is COCc1cccc(C(Nc2ccc(F)cc2)C(=O)O)c1. The monoisotopic (exact) mass is 289 g/mol. The lowest BCUT2D eigenvalue weighted by Crippen LogP contribution is -2.20. The Morgan fingerprint density at radius 1 is 1.29 bits per heavy atom. The molecule has 2 aromatic rings. The Morgan fingerprint density at radius 3 is 2.62 bits per heavy atom. The molecule has 0 bridgehead atoms. The highest BCUT2D eigenvalue weighted by atomic mass is 19.1. The summed E-state index contributed by atoms with van der Waals surface area (Å²) in [4.78, 5) is 11.5. The highest BCUT2D eigenvalue weighted by molar-refractivity contribution is 5.79. The van der Waals surface area contributed by atoms with E-state index in [0.717, 1.165) is 5.56 Å². The number of halogens is 1. The minimum absolute atomic E-state index is 0.366. The van der Waals surface area contributed by atoms with Crippen molar-refractivity contribution in [3.8, 4) is 0 Å². The zero-order valence-electron chi connectivity index (χ0n) is 11.5. The Kier molecular flexibility index (Phi) is 4.90. The fourth-order valence-corrected chi connectivity index (χ4v) is 2.03. The number of hydrogen-bond acceptors (Lipinski definition) is 3. The van der Waals surface area contributed by atoms with Gasteiger partial charge in [-0.1, -0.05) is 24.3 Å². The van der Waals surface area contributed by atoms with Gasteiger partial charge in [-0.3, -0.25) is 0 Å². The van der Waals surface area contributed by atoms with Crippen LogP contribution < -0.4 is 5.32 Å². The molecule has 0 aliphatic heterocycles. The number of nitrogens with one attached hydrogen (secondary N) is 1. The smallest absolute Gasteiger partial charge is 0.330 e. The van der Waals surface area contributed by atoms with Crippen LogP contribution in [0.5, 0.6) is 0 Å². The minimum Gasteiger partial charge on any atom is -0.479 e. The first kappa shape index (κ1) is 15.0. The number of aliphatic carboxylic acids is 1. The fourth-order valence-electron chi connectivity index (χ4n) is 2.03. The third-order valence-corrected chi connectivity index (χ3v) is 3.00. The van der Waals surface area contributed by atoms with Gasteiger partial charge < -0.3 is 15.2 Å². The average molecular weight is 289 g/mol. The van der Waals surface area contributed by atoms with Crippen molar-refractivity contribution in [3.05, 3.63) is 65.5 Å². The van der Waals surface area contributed by atoms with Gasteiger partial charge in [0.25, 0.3) is 0 Å². The van der Waals surface area contributed by atoms with Gasteiger partial charge in [0, 0.05) is 12.8 Å². The number of ether oxygens (including phenoxy) is 1. The lowest BCUT2D eigenvalue weighted by atomic mass is 10.0. The number of carboxylic acids is 1. The summed E-state index contributed by atoms with van der Waals surface area (Å²) in [6.07, 6.45) is 0. The van der Waals surface area contributed by atoms with Crippen molar-refractivity contribution < 1.29 is 19.0 Å². The van der Waals surface area contributed by atoms with E-state index in [1.165, 1.54) is 24.3 Å². The highest BCUT2D eigenvalue weighted by Crippen LogP contribution is 2.21. The van der Waals surface area contributed by atoms with E-state index in [4.69, 9.17) is 4.74 Å². The predicted octanol–water partition coefficient (Wildman–Crippen LogP) is 3.21. The molecule has 21 heavy (non-hydrogen) atoms. The Balaban J connectivity index is 2.24. The zero-order chi connectivity index (χ0) is 15.2. The third kappa shape index (κ3) is 4.03. The summed E-state index contributed by atoms with van der Waals surface area (Å²) in [5.41, 5.74) is 2.05. The van der Waals surface area contributed by atoms with Crippen LogP contribution in [0.15, 0.2) is 48.5 Å². The molecule has 0 radical (unpaired) electrons. The maximum Gasteiger partial charge on any atom is 0.330 e. The molecule has 0 aliphatic rings. The summed E-state index contributed by atoms with van der Waals surface area (Å²) in [6.45, 7) is 0.413. The van der Waals surface area contributed by atoms with Crippen LogP contribution in [-0.4, -0.2) is 18.2 Å². The van der Waals surface area contributed by atoms with Gasteiger partial charge in [-0.15, -0.1) is 0 Å². The first-order valence-electron chi connectivity index (χ1n) is 6.43. The molecule has 2 aromatic carbocycles. The first-order chi connectivity index (χ1) is 10.1. The van der Waals surface area contributed by atoms with Crippen LogP contribution in [0.3, 0.4) is 0 Å². The number of rotatable bonds is 6. The van der Waals surface area contributed by atoms with Crippen molar-refractivity contribution in [1.82, 2.24) is 0 Å². The summed E-state index contributed by atoms with van der Waals surface area (Å²) in [5, 5.41) is 12.3. The fraction of sp³-hybridized carbons (Fsp3) is 0.188. The molecule has 2 N–H and O–H groups in total. The maximum atomic E-state index is 12.9. The molecule has 0 heterocycles. The Morgan fingerprint density at radius 2 is 2.00 bits per heavy atom. The predicted molar refractivity (Wildman–Crippen MR) is 77.6 cm³/mol. The van der Waals surface area contributed by atoms with Gasteiger partial charge in [-0.05, 0) is 35.4 Å². The van der Waals surface area contributed by atoms with Gasteiger partial charge in [0.2, 0.25) is 0 Å². The van der Waals surface area contributed by atoms with E-state index in [9.17, 15) is 14.3 Å². The normalized spacial score (nSPS) is 11.9. The van der Waals surface area contributed by atoms with Crippen molar-refractivity contribution in [1.29, 1.82) is 0 Å². The van der Waals surface area contributed by atoms with Crippen molar-refractivity contribution in [2.45, 2.75) is 12.6 Å². The second-order valence-corrected chi connectivity index (χ2v) is 4.60. The lowest BCUT2D eigenvalue weighted by Gasteiger charge is -2.17. The number of methoxy groups -OCH3 is 1. The van der Waals surface area contributed by atoms with Gasteiger partial charge in [0.1, 0.15) is 5.82 Å². The van der Waals surface area contributed by atoms with E-state index in [2.05, 4.69) is 5.32 Å². The first-order valence-corrected chi connectivity index (χ1v) is 6.43. The summed E-state index contributed by atoms with van der Waals surface area (Å²) >= 11 is 0. The molecule has 0 fully saturated rings. The van der Waals surface area contributed by atoms with E-state index in [0.29, 0.717) is 17.9 Å². The molecule has 0 aromatic heterocycles. The van der Waals surface area contributed by atoms with Crippen LogP contribution in [0.1, 0.15) is 17.2 Å². The average Bonchev–Trinajstić information content (AvgIpc) is 2.47. The molecular formula is C16H16FNO3. The molecule has 1 unspecified atom stereocenters. The lowest BCUT2D eigenvalue weighted by molar-refractivity contribution is -0.138. The molecule has 0 amide bonds. The van der Waals surface area contributed by atoms with E-state index in [-0.39, 0.29) is 5.82 Å². The van der Waals surface area contributed by atoms with Crippen molar-refractivity contribution in [2.75, 3.05) is 12.4 Å². The van der Waals surface area contributed by atoms with Crippen molar-refractivity contribution in [2.24, 2.45) is 0 Å². The Hall–Kier alpha value is -2.40. The second kappa shape index (κ2) is 6.85. The standard InChI is InChI=1S/C16H16FNO3/c1-21-10-11-3-2-4-12(9-11)15(16(19)20)18-14-7-5-13(17)6-8-14/h2-9,15,18H,10H2,1H3,(H,19,20). The molecule has 5 heteroatoms. The highest BCUT2D eigenvalue weighted by Gasteiger charge is 2.19. The number of carboxylic acid groups (broad SMARTS) is 1. The molecule has 4 nitrogen and oxygen atoms in total. The van der Waals surface area contributed by atoms with Crippen LogP contribution in [0, 0.1) is 5.82 Å². The van der Waals surface area contributed by atoms with Crippen LogP contribution in [0.25, 0.3) is 0 Å². The van der Waals surface area contributed by atoms with Crippen LogP contribution >= 0.6 is 0 Å². The summed E-state index contributed by atoms with van der Waals surface area (Å²) < 4.78 is 17.9. The van der Waals surface area contributed by atoms with Crippen LogP contribution in [-0.2, 0) is 16.1 Å². The Bertz CT molecular complexity index is 613. The molecule has 0 spiro atoms. The number of anilines is 1. The van der Waals surface area contributed by atoms with Crippen molar-refractivity contribution in [3.63, 3.8) is 0 Å². The van der Waals surface area contributed by atoms with Crippen LogP contribution in [0.2, 0.25) is 0 Å². The number of hydrogen-bond donors (Lipinski definition) is 2.